The lowest BCUT2D eigenvalue weighted by atomic mass is 10.1. The second kappa shape index (κ2) is 8.59. The first kappa shape index (κ1) is 17.4. The Morgan fingerprint density at radius 3 is 2.62 bits per heavy atom. The normalized spacial score (nSPS) is 13.6. The quantitative estimate of drug-likeness (QED) is 0.716. The second-order valence-corrected chi connectivity index (χ2v) is 4.79. The van der Waals surface area contributed by atoms with Gasteiger partial charge in [-0.25, -0.2) is 4.39 Å². The van der Waals surface area contributed by atoms with Gasteiger partial charge in [-0.15, -0.1) is 0 Å². The average Bonchev–Trinajstić information content (AvgIpc) is 2.47. The van der Waals surface area contributed by atoms with Crippen molar-refractivity contribution >= 4 is 5.91 Å². The molecule has 118 valence electrons. The van der Waals surface area contributed by atoms with Crippen molar-refractivity contribution in [2.24, 2.45) is 0 Å². The lowest BCUT2D eigenvalue weighted by Gasteiger charge is -2.20. The highest BCUT2D eigenvalue weighted by atomic mass is 19.1. The molecule has 2 unspecified atom stereocenters. The third-order valence-electron chi connectivity index (χ3n) is 3.17. The number of carbonyl (C=O) groups excluding carboxylic acids is 1. The summed E-state index contributed by atoms with van der Waals surface area (Å²) in [5.74, 6) is -0.329. The molecule has 1 rings (SSSR count). The van der Waals surface area contributed by atoms with Gasteiger partial charge in [-0.2, -0.15) is 0 Å². The van der Waals surface area contributed by atoms with E-state index in [1.54, 1.807) is 26.2 Å². The van der Waals surface area contributed by atoms with Crippen molar-refractivity contribution in [2.45, 2.75) is 25.9 Å². The molecule has 21 heavy (non-hydrogen) atoms. The van der Waals surface area contributed by atoms with Crippen molar-refractivity contribution < 1.29 is 18.7 Å². The predicted molar refractivity (Wildman–Crippen MR) is 78.9 cm³/mol. The van der Waals surface area contributed by atoms with E-state index in [1.165, 1.54) is 13.2 Å². The molecule has 0 saturated carbocycles. The molecule has 0 heterocycles. The van der Waals surface area contributed by atoms with Gasteiger partial charge >= 0.3 is 0 Å². The Balaban J connectivity index is 2.57. The van der Waals surface area contributed by atoms with Crippen LogP contribution in [-0.4, -0.2) is 39.3 Å². The van der Waals surface area contributed by atoms with Crippen molar-refractivity contribution in [1.29, 1.82) is 0 Å². The highest BCUT2D eigenvalue weighted by molar-refractivity contribution is 5.81. The first-order chi connectivity index (χ1) is 9.99. The van der Waals surface area contributed by atoms with Crippen LogP contribution in [0.3, 0.4) is 0 Å². The largest absolute Gasteiger partial charge is 0.494 e. The van der Waals surface area contributed by atoms with Gasteiger partial charge < -0.3 is 14.8 Å². The summed E-state index contributed by atoms with van der Waals surface area (Å²) in [4.78, 5) is 11.8. The van der Waals surface area contributed by atoms with E-state index in [0.29, 0.717) is 13.2 Å². The number of halogens is 1. The van der Waals surface area contributed by atoms with Gasteiger partial charge in [-0.05, 0) is 31.5 Å². The first-order valence-corrected chi connectivity index (χ1v) is 6.85. The summed E-state index contributed by atoms with van der Waals surface area (Å²) >= 11 is 0. The van der Waals surface area contributed by atoms with Crippen LogP contribution in [0.25, 0.3) is 0 Å². The number of amides is 1. The number of benzene rings is 1. The molecule has 0 bridgehead atoms. The fourth-order valence-electron chi connectivity index (χ4n) is 1.93. The summed E-state index contributed by atoms with van der Waals surface area (Å²) in [5, 5.41) is 5.88. The lowest BCUT2D eigenvalue weighted by molar-refractivity contribution is -0.123. The minimum Gasteiger partial charge on any atom is -0.494 e. The fraction of sp³-hybridized carbons (Fsp3) is 0.533. The third-order valence-corrected chi connectivity index (χ3v) is 3.17. The van der Waals surface area contributed by atoms with Gasteiger partial charge in [0.15, 0.2) is 11.6 Å². The zero-order chi connectivity index (χ0) is 15.8. The molecule has 0 aliphatic heterocycles. The minimum absolute atomic E-state index is 0.118. The Bertz CT molecular complexity index is 468. The second-order valence-electron chi connectivity index (χ2n) is 4.79. The summed E-state index contributed by atoms with van der Waals surface area (Å²) in [6.45, 7) is 4.57. The van der Waals surface area contributed by atoms with Crippen LogP contribution in [0.4, 0.5) is 4.39 Å². The topological polar surface area (TPSA) is 59.6 Å². The SMILES string of the molecule is COCCNC(=O)C(C)NC(C)c1ccc(OC)c(F)c1. The zero-order valence-electron chi connectivity index (χ0n) is 12.9. The minimum atomic E-state index is -0.416. The van der Waals surface area contributed by atoms with Crippen LogP contribution in [0, 0.1) is 5.82 Å². The van der Waals surface area contributed by atoms with E-state index < -0.39 is 5.82 Å². The molecule has 0 aliphatic carbocycles. The Labute approximate surface area is 124 Å². The summed E-state index contributed by atoms with van der Waals surface area (Å²) in [7, 11) is 3.00. The number of nitrogens with one attached hydrogen (secondary N) is 2. The maximum absolute atomic E-state index is 13.7. The van der Waals surface area contributed by atoms with Crippen molar-refractivity contribution in [3.63, 3.8) is 0 Å². The molecular formula is C15H23FN2O3. The van der Waals surface area contributed by atoms with Crippen molar-refractivity contribution in [1.82, 2.24) is 10.6 Å². The monoisotopic (exact) mass is 298 g/mol. The molecule has 2 atom stereocenters. The highest BCUT2D eigenvalue weighted by Crippen LogP contribution is 2.21. The predicted octanol–water partition coefficient (Wildman–Crippen LogP) is 1.64. The molecule has 1 aromatic rings. The van der Waals surface area contributed by atoms with Crippen LogP contribution in [0.5, 0.6) is 5.75 Å². The molecule has 0 saturated heterocycles. The highest BCUT2D eigenvalue weighted by Gasteiger charge is 2.16. The number of methoxy groups -OCH3 is 2. The van der Waals surface area contributed by atoms with Crippen LogP contribution in [0.2, 0.25) is 0 Å². The van der Waals surface area contributed by atoms with Gasteiger partial charge in [0.1, 0.15) is 0 Å². The van der Waals surface area contributed by atoms with E-state index >= 15 is 0 Å². The third kappa shape index (κ3) is 5.32. The number of ether oxygens (including phenoxy) is 2. The molecule has 0 aromatic heterocycles. The number of hydrogen-bond donors (Lipinski definition) is 2. The Hall–Kier alpha value is -1.66. The van der Waals surface area contributed by atoms with Crippen LogP contribution in [0.15, 0.2) is 18.2 Å². The zero-order valence-corrected chi connectivity index (χ0v) is 12.9. The average molecular weight is 298 g/mol. The van der Waals surface area contributed by atoms with Crippen molar-refractivity contribution in [2.75, 3.05) is 27.4 Å². The van der Waals surface area contributed by atoms with Crippen molar-refractivity contribution in [3.05, 3.63) is 29.6 Å². The molecular weight excluding hydrogens is 275 g/mol. The summed E-state index contributed by atoms with van der Waals surface area (Å²) in [6, 6.07) is 4.21. The Kier molecular flexibility index (Phi) is 7.11. The smallest absolute Gasteiger partial charge is 0.236 e. The van der Waals surface area contributed by atoms with E-state index in [0.717, 1.165) is 5.56 Å². The van der Waals surface area contributed by atoms with E-state index in [2.05, 4.69) is 10.6 Å². The van der Waals surface area contributed by atoms with Crippen LogP contribution >= 0.6 is 0 Å². The fourth-order valence-corrected chi connectivity index (χ4v) is 1.93. The van der Waals surface area contributed by atoms with E-state index in [9.17, 15) is 9.18 Å². The summed E-state index contributed by atoms with van der Waals surface area (Å²) in [5.41, 5.74) is 0.754. The molecule has 0 fully saturated rings. The number of carbonyl (C=O) groups is 1. The van der Waals surface area contributed by atoms with Gasteiger partial charge in [0.2, 0.25) is 5.91 Å². The summed E-state index contributed by atoms with van der Waals surface area (Å²) < 4.78 is 23.4. The van der Waals surface area contributed by atoms with Gasteiger partial charge in [0.05, 0.1) is 19.8 Å². The van der Waals surface area contributed by atoms with E-state index in [4.69, 9.17) is 9.47 Å². The molecule has 0 aliphatic rings. The van der Waals surface area contributed by atoms with Crippen LogP contribution in [0.1, 0.15) is 25.5 Å². The van der Waals surface area contributed by atoms with Gasteiger partial charge in [0, 0.05) is 19.7 Å². The maximum atomic E-state index is 13.7. The van der Waals surface area contributed by atoms with Crippen molar-refractivity contribution in [3.8, 4) is 5.75 Å². The summed E-state index contributed by atoms with van der Waals surface area (Å²) in [6.07, 6.45) is 0. The molecule has 1 aromatic carbocycles. The van der Waals surface area contributed by atoms with Crippen LogP contribution in [-0.2, 0) is 9.53 Å². The van der Waals surface area contributed by atoms with Gasteiger partial charge in [-0.3, -0.25) is 10.1 Å². The molecule has 5 nitrogen and oxygen atoms in total. The lowest BCUT2D eigenvalue weighted by Crippen LogP contribution is -2.44. The maximum Gasteiger partial charge on any atom is 0.236 e. The van der Waals surface area contributed by atoms with Gasteiger partial charge in [0.25, 0.3) is 0 Å². The standard InChI is InChI=1S/C15H23FN2O3/c1-10(12-5-6-14(21-4)13(16)9-12)18-11(2)15(19)17-7-8-20-3/h5-6,9-11,18H,7-8H2,1-4H3,(H,17,19). The molecule has 2 N–H and O–H groups in total. The Morgan fingerprint density at radius 1 is 1.33 bits per heavy atom. The molecule has 0 radical (unpaired) electrons. The first-order valence-electron chi connectivity index (χ1n) is 6.85. The number of rotatable bonds is 8. The van der Waals surface area contributed by atoms with E-state index in [1.807, 2.05) is 6.92 Å². The molecule has 0 spiro atoms. The van der Waals surface area contributed by atoms with Gasteiger partial charge in [-0.1, -0.05) is 6.07 Å². The molecule has 6 heteroatoms. The number of hydrogen-bond acceptors (Lipinski definition) is 4. The van der Waals surface area contributed by atoms with Crippen LogP contribution < -0.4 is 15.4 Å². The molecule has 1 amide bonds. The Morgan fingerprint density at radius 2 is 2.05 bits per heavy atom. The van der Waals surface area contributed by atoms with E-state index in [-0.39, 0.29) is 23.7 Å².